The largest absolute Gasteiger partial charge is 0.310 e. The van der Waals surface area contributed by atoms with E-state index >= 15 is 0 Å². The molecule has 4 fully saturated rings. The molecule has 45 heavy (non-hydrogen) atoms. The summed E-state index contributed by atoms with van der Waals surface area (Å²) in [6.07, 6.45) is 7.20. The monoisotopic (exact) mass is 581 g/mol. The zero-order valence-electron chi connectivity index (χ0n) is 25.7. The Morgan fingerprint density at radius 1 is 0.422 bits per heavy atom. The van der Waals surface area contributed by atoms with Crippen molar-refractivity contribution in [2.45, 2.75) is 38.0 Å². The maximum Gasteiger partial charge on any atom is 0.0496 e. The van der Waals surface area contributed by atoms with E-state index in [1.54, 1.807) is 5.56 Å². The van der Waals surface area contributed by atoms with Crippen LogP contribution in [0.15, 0.2) is 146 Å². The van der Waals surface area contributed by atoms with Gasteiger partial charge in [-0.05, 0) is 131 Å². The van der Waals surface area contributed by atoms with Crippen molar-refractivity contribution in [2.75, 3.05) is 4.90 Å². The highest BCUT2D eigenvalue weighted by Gasteiger charge is 2.49. The summed E-state index contributed by atoms with van der Waals surface area (Å²) in [5, 5.41) is 2.58. The summed E-state index contributed by atoms with van der Waals surface area (Å²) in [5.41, 5.74) is 10.4. The molecule has 10 rings (SSSR count). The molecular weight excluding hydrogens is 542 g/mol. The Hall–Kier alpha value is -4.62. The SMILES string of the molecule is c1ccc(-c2ccc(N(c3ccc(-c4cccc5ccccc45)cc3)c3ccccc3C3C4CC5CC(C4)CC3C5)cc2)cc1. The van der Waals surface area contributed by atoms with Crippen LogP contribution in [0.1, 0.15) is 43.6 Å². The second kappa shape index (κ2) is 11.1. The molecule has 220 valence electrons. The average molecular weight is 582 g/mol. The molecule has 4 saturated carbocycles. The minimum atomic E-state index is 0.662. The van der Waals surface area contributed by atoms with Gasteiger partial charge in [-0.2, -0.15) is 0 Å². The van der Waals surface area contributed by atoms with E-state index in [1.807, 2.05) is 0 Å². The highest BCUT2D eigenvalue weighted by atomic mass is 15.1. The van der Waals surface area contributed by atoms with Crippen molar-refractivity contribution < 1.29 is 0 Å². The van der Waals surface area contributed by atoms with E-state index in [2.05, 4.69) is 150 Å². The fourth-order valence-corrected chi connectivity index (χ4v) is 9.53. The van der Waals surface area contributed by atoms with Crippen molar-refractivity contribution in [1.82, 2.24) is 0 Å². The maximum atomic E-state index is 2.53. The number of hydrogen-bond donors (Lipinski definition) is 0. The molecule has 1 nitrogen and oxygen atoms in total. The molecule has 0 spiro atoms. The van der Waals surface area contributed by atoms with Gasteiger partial charge in [0.05, 0.1) is 0 Å². The molecular formula is C44H39N. The predicted molar refractivity (Wildman–Crippen MR) is 189 cm³/mol. The fourth-order valence-electron chi connectivity index (χ4n) is 9.53. The summed E-state index contributed by atoms with van der Waals surface area (Å²) < 4.78 is 0. The molecule has 4 bridgehead atoms. The molecule has 0 amide bonds. The molecule has 0 unspecified atom stereocenters. The first-order valence-electron chi connectivity index (χ1n) is 16.9. The number of anilines is 3. The van der Waals surface area contributed by atoms with Crippen molar-refractivity contribution in [1.29, 1.82) is 0 Å². The topological polar surface area (TPSA) is 3.24 Å². The van der Waals surface area contributed by atoms with Crippen LogP contribution in [-0.2, 0) is 0 Å². The summed E-state index contributed by atoms with van der Waals surface area (Å²) in [4.78, 5) is 2.53. The highest BCUT2D eigenvalue weighted by Crippen LogP contribution is 2.61. The minimum absolute atomic E-state index is 0.662. The average Bonchev–Trinajstić information content (AvgIpc) is 3.09. The Kier molecular flexibility index (Phi) is 6.58. The first-order chi connectivity index (χ1) is 22.3. The Morgan fingerprint density at radius 3 is 1.69 bits per heavy atom. The third-order valence-corrected chi connectivity index (χ3v) is 11.2. The molecule has 6 aromatic rings. The van der Waals surface area contributed by atoms with Gasteiger partial charge >= 0.3 is 0 Å². The second-order valence-corrected chi connectivity index (χ2v) is 13.8. The van der Waals surface area contributed by atoms with Crippen LogP contribution in [0.4, 0.5) is 17.1 Å². The molecule has 0 saturated heterocycles. The van der Waals surface area contributed by atoms with Crippen LogP contribution in [-0.4, -0.2) is 0 Å². The lowest BCUT2D eigenvalue weighted by Gasteiger charge is -2.55. The number of hydrogen-bond acceptors (Lipinski definition) is 1. The minimum Gasteiger partial charge on any atom is -0.310 e. The first kappa shape index (κ1) is 26.8. The lowest BCUT2D eigenvalue weighted by atomic mass is 9.50. The zero-order chi connectivity index (χ0) is 29.7. The molecule has 0 radical (unpaired) electrons. The predicted octanol–water partition coefficient (Wildman–Crippen LogP) is 12.2. The third-order valence-electron chi connectivity index (χ3n) is 11.2. The van der Waals surface area contributed by atoms with Crippen molar-refractivity contribution in [3.63, 3.8) is 0 Å². The van der Waals surface area contributed by atoms with Crippen LogP contribution < -0.4 is 4.90 Å². The fraction of sp³-hybridized carbons (Fsp3) is 0.227. The van der Waals surface area contributed by atoms with Crippen LogP contribution in [0, 0.1) is 23.7 Å². The number of rotatable bonds is 6. The number of nitrogens with zero attached hydrogens (tertiary/aromatic N) is 1. The number of para-hydroxylation sites is 1. The van der Waals surface area contributed by atoms with Gasteiger partial charge in [-0.25, -0.2) is 0 Å². The molecule has 0 heterocycles. The summed E-state index contributed by atoms with van der Waals surface area (Å²) in [7, 11) is 0. The van der Waals surface area contributed by atoms with Gasteiger partial charge in [0.15, 0.2) is 0 Å². The molecule has 0 aromatic heterocycles. The standard InChI is InChI=1S/C44H39N/c1-2-9-32(10-3-1)33-17-21-38(22-18-33)45(39-23-19-35(20-24-39)41-15-8-12-34-11-4-5-13-40(34)41)43-16-7-6-14-42(43)44-36-26-30-25-31(28-36)29-37(44)27-30/h1-24,30-31,36-37,44H,25-29H2. The van der Waals surface area contributed by atoms with Gasteiger partial charge in [0.25, 0.3) is 0 Å². The first-order valence-corrected chi connectivity index (χ1v) is 16.9. The van der Waals surface area contributed by atoms with Gasteiger partial charge in [0.1, 0.15) is 0 Å². The van der Waals surface area contributed by atoms with Gasteiger partial charge in [0, 0.05) is 17.1 Å². The zero-order valence-corrected chi connectivity index (χ0v) is 25.7. The summed E-state index contributed by atoms with van der Waals surface area (Å²) in [5.74, 6) is 4.27. The van der Waals surface area contributed by atoms with Gasteiger partial charge < -0.3 is 4.90 Å². The Labute approximate surface area is 267 Å². The molecule has 0 atom stereocenters. The van der Waals surface area contributed by atoms with E-state index in [4.69, 9.17) is 0 Å². The van der Waals surface area contributed by atoms with Gasteiger partial charge in [0.2, 0.25) is 0 Å². The Bertz CT molecular complexity index is 1920. The quantitative estimate of drug-likeness (QED) is 0.189. The van der Waals surface area contributed by atoms with E-state index in [-0.39, 0.29) is 0 Å². The number of fused-ring (bicyclic) bond motifs is 1. The molecule has 4 aliphatic carbocycles. The van der Waals surface area contributed by atoms with Crippen molar-refractivity contribution in [3.05, 3.63) is 151 Å². The summed E-state index contributed by atoms with van der Waals surface area (Å²) in [6, 6.07) is 53.9. The second-order valence-electron chi connectivity index (χ2n) is 13.8. The molecule has 4 aliphatic rings. The van der Waals surface area contributed by atoms with E-state index < -0.39 is 0 Å². The van der Waals surface area contributed by atoms with Crippen LogP contribution in [0.3, 0.4) is 0 Å². The molecule has 6 aromatic carbocycles. The van der Waals surface area contributed by atoms with Crippen molar-refractivity contribution in [2.24, 2.45) is 23.7 Å². The Morgan fingerprint density at radius 2 is 0.978 bits per heavy atom. The van der Waals surface area contributed by atoms with Gasteiger partial charge in [-0.3, -0.25) is 0 Å². The molecule has 0 N–H and O–H groups in total. The van der Waals surface area contributed by atoms with Crippen LogP contribution in [0.25, 0.3) is 33.0 Å². The lowest BCUT2D eigenvalue weighted by molar-refractivity contribution is -0.00259. The van der Waals surface area contributed by atoms with E-state index in [0.717, 1.165) is 23.7 Å². The van der Waals surface area contributed by atoms with E-state index in [1.165, 1.54) is 82.2 Å². The number of benzene rings is 6. The van der Waals surface area contributed by atoms with Crippen LogP contribution >= 0.6 is 0 Å². The normalized spacial score (nSPS) is 23.3. The van der Waals surface area contributed by atoms with Crippen LogP contribution in [0.5, 0.6) is 0 Å². The summed E-state index contributed by atoms with van der Waals surface area (Å²) >= 11 is 0. The van der Waals surface area contributed by atoms with E-state index in [9.17, 15) is 0 Å². The Balaban J connectivity index is 1.15. The highest BCUT2D eigenvalue weighted by molar-refractivity contribution is 5.97. The van der Waals surface area contributed by atoms with E-state index in [0.29, 0.717) is 5.92 Å². The summed E-state index contributed by atoms with van der Waals surface area (Å²) in [6.45, 7) is 0. The van der Waals surface area contributed by atoms with Crippen molar-refractivity contribution >= 4 is 27.8 Å². The third kappa shape index (κ3) is 4.77. The van der Waals surface area contributed by atoms with Gasteiger partial charge in [-0.15, -0.1) is 0 Å². The smallest absolute Gasteiger partial charge is 0.0496 e. The van der Waals surface area contributed by atoms with Crippen LogP contribution in [0.2, 0.25) is 0 Å². The van der Waals surface area contributed by atoms with Gasteiger partial charge in [-0.1, -0.05) is 115 Å². The molecule has 0 aliphatic heterocycles. The molecule has 1 heteroatoms. The lowest BCUT2D eigenvalue weighted by Crippen LogP contribution is -2.44. The van der Waals surface area contributed by atoms with Crippen molar-refractivity contribution in [3.8, 4) is 22.3 Å². The maximum absolute atomic E-state index is 2.53.